The highest BCUT2D eigenvalue weighted by atomic mass is 19.4. The lowest BCUT2D eigenvalue weighted by molar-refractivity contribution is -0.146. The zero-order chi connectivity index (χ0) is 14.6. The van der Waals surface area contributed by atoms with Crippen LogP contribution in [0.2, 0.25) is 0 Å². The van der Waals surface area contributed by atoms with Crippen LogP contribution in [0, 0.1) is 5.41 Å². The maximum Gasteiger partial charge on any atom is 0.390 e. The van der Waals surface area contributed by atoms with E-state index in [9.17, 15) is 22.8 Å². The SMILES string of the molecule is CN(CCC(F)(F)F)C(=O)NCC(C)(C)C(=O)O. The zero-order valence-corrected chi connectivity index (χ0v) is 10.5. The number of urea groups is 1. The fraction of sp³-hybridized carbons (Fsp3) is 0.800. The van der Waals surface area contributed by atoms with Crippen LogP contribution in [0.25, 0.3) is 0 Å². The largest absolute Gasteiger partial charge is 0.481 e. The number of hydrogen-bond donors (Lipinski definition) is 2. The fourth-order valence-corrected chi connectivity index (χ4v) is 0.903. The Balaban J connectivity index is 4.14. The third-order valence-electron chi connectivity index (χ3n) is 2.34. The van der Waals surface area contributed by atoms with Gasteiger partial charge in [0.05, 0.1) is 11.8 Å². The van der Waals surface area contributed by atoms with E-state index in [1.54, 1.807) is 0 Å². The average Bonchev–Trinajstić information content (AvgIpc) is 2.21. The lowest BCUT2D eigenvalue weighted by Gasteiger charge is -2.23. The van der Waals surface area contributed by atoms with E-state index in [1.807, 2.05) is 0 Å². The minimum absolute atomic E-state index is 0.155. The number of carboxylic acids is 1. The Hall–Kier alpha value is -1.47. The zero-order valence-electron chi connectivity index (χ0n) is 10.5. The molecule has 8 heteroatoms. The first kappa shape index (κ1) is 16.5. The molecule has 0 aliphatic heterocycles. The van der Waals surface area contributed by atoms with Crippen LogP contribution < -0.4 is 5.32 Å². The van der Waals surface area contributed by atoms with Crippen molar-refractivity contribution in [1.82, 2.24) is 10.2 Å². The van der Waals surface area contributed by atoms with Crippen molar-refractivity contribution >= 4 is 12.0 Å². The fourth-order valence-electron chi connectivity index (χ4n) is 0.903. The number of carbonyl (C=O) groups excluding carboxylic acids is 1. The van der Waals surface area contributed by atoms with E-state index in [1.165, 1.54) is 20.9 Å². The van der Waals surface area contributed by atoms with Gasteiger partial charge in [-0.25, -0.2) is 4.79 Å². The second kappa shape index (κ2) is 5.92. The number of carbonyl (C=O) groups is 2. The van der Waals surface area contributed by atoms with Crippen LogP contribution in [-0.4, -0.2) is 48.3 Å². The van der Waals surface area contributed by atoms with E-state index >= 15 is 0 Å². The molecule has 0 unspecified atom stereocenters. The summed E-state index contributed by atoms with van der Waals surface area (Å²) in [5, 5.41) is 11.1. The molecule has 0 spiro atoms. The van der Waals surface area contributed by atoms with Crippen molar-refractivity contribution in [2.45, 2.75) is 26.4 Å². The molecule has 0 aliphatic rings. The quantitative estimate of drug-likeness (QED) is 0.798. The molecule has 0 saturated carbocycles. The number of carboxylic acid groups (broad SMARTS) is 1. The molecule has 2 N–H and O–H groups in total. The Labute approximate surface area is 103 Å². The molecule has 0 heterocycles. The number of halogens is 3. The molecular weight excluding hydrogens is 253 g/mol. The molecule has 0 saturated heterocycles. The van der Waals surface area contributed by atoms with E-state index in [0.29, 0.717) is 0 Å². The van der Waals surface area contributed by atoms with Crippen molar-refractivity contribution < 1.29 is 27.9 Å². The number of aliphatic carboxylic acids is 1. The van der Waals surface area contributed by atoms with Gasteiger partial charge in [0.15, 0.2) is 0 Å². The lowest BCUT2D eigenvalue weighted by atomic mass is 9.94. The molecule has 0 aromatic heterocycles. The first-order valence-electron chi connectivity index (χ1n) is 5.25. The van der Waals surface area contributed by atoms with Gasteiger partial charge in [-0.3, -0.25) is 4.79 Å². The highest BCUT2D eigenvalue weighted by Gasteiger charge is 2.30. The van der Waals surface area contributed by atoms with E-state index in [-0.39, 0.29) is 6.54 Å². The van der Waals surface area contributed by atoms with E-state index in [0.717, 1.165) is 4.90 Å². The maximum atomic E-state index is 11.9. The highest BCUT2D eigenvalue weighted by Crippen LogP contribution is 2.19. The van der Waals surface area contributed by atoms with E-state index in [4.69, 9.17) is 5.11 Å². The molecule has 0 fully saturated rings. The number of nitrogens with one attached hydrogen (secondary N) is 1. The van der Waals surface area contributed by atoms with Gasteiger partial charge in [-0.05, 0) is 13.8 Å². The van der Waals surface area contributed by atoms with Crippen molar-refractivity contribution in [2.24, 2.45) is 5.41 Å². The molecule has 0 bridgehead atoms. The van der Waals surface area contributed by atoms with Gasteiger partial charge < -0.3 is 15.3 Å². The maximum absolute atomic E-state index is 11.9. The lowest BCUT2D eigenvalue weighted by Crippen LogP contribution is -2.44. The molecule has 0 radical (unpaired) electrons. The first-order valence-corrected chi connectivity index (χ1v) is 5.25. The molecule has 0 aliphatic carbocycles. The summed E-state index contributed by atoms with van der Waals surface area (Å²) >= 11 is 0. The number of hydrogen-bond acceptors (Lipinski definition) is 2. The Kier molecular flexibility index (Phi) is 5.44. The summed E-state index contributed by atoms with van der Waals surface area (Å²) in [5.41, 5.74) is -1.17. The molecule has 5 nitrogen and oxygen atoms in total. The number of amides is 2. The normalized spacial score (nSPS) is 12.1. The van der Waals surface area contributed by atoms with Crippen molar-refractivity contribution in [1.29, 1.82) is 0 Å². The molecule has 18 heavy (non-hydrogen) atoms. The van der Waals surface area contributed by atoms with E-state index in [2.05, 4.69) is 5.32 Å². The van der Waals surface area contributed by atoms with Gasteiger partial charge in [0, 0.05) is 20.1 Å². The van der Waals surface area contributed by atoms with Crippen molar-refractivity contribution in [3.63, 3.8) is 0 Å². The summed E-state index contributed by atoms with van der Waals surface area (Å²) < 4.78 is 35.8. The Morgan fingerprint density at radius 1 is 1.28 bits per heavy atom. The van der Waals surface area contributed by atoms with Crippen LogP contribution in [0.4, 0.5) is 18.0 Å². The summed E-state index contributed by atoms with van der Waals surface area (Å²) in [4.78, 5) is 23.0. The molecule has 106 valence electrons. The standard InChI is InChI=1S/C10H17F3N2O3/c1-9(2,7(16)17)6-14-8(18)15(3)5-4-10(11,12)13/h4-6H2,1-3H3,(H,14,18)(H,16,17). The van der Waals surface area contributed by atoms with Crippen molar-refractivity contribution in [2.75, 3.05) is 20.1 Å². The number of rotatable bonds is 5. The Bertz CT molecular complexity index is 316. The van der Waals surface area contributed by atoms with Crippen LogP contribution >= 0.6 is 0 Å². The molecule has 0 aromatic carbocycles. The van der Waals surface area contributed by atoms with Crippen LogP contribution in [0.15, 0.2) is 0 Å². The first-order chi connectivity index (χ1) is 7.96. The number of nitrogens with zero attached hydrogens (tertiary/aromatic N) is 1. The van der Waals surface area contributed by atoms with Gasteiger partial charge in [-0.1, -0.05) is 0 Å². The molecule has 0 rings (SSSR count). The third kappa shape index (κ3) is 6.31. The van der Waals surface area contributed by atoms with Crippen LogP contribution in [-0.2, 0) is 4.79 Å². The van der Waals surface area contributed by atoms with Crippen molar-refractivity contribution in [3.05, 3.63) is 0 Å². The highest BCUT2D eigenvalue weighted by molar-refractivity contribution is 5.77. The van der Waals surface area contributed by atoms with Crippen molar-refractivity contribution in [3.8, 4) is 0 Å². The molecule has 2 amide bonds. The third-order valence-corrected chi connectivity index (χ3v) is 2.34. The molecular formula is C10H17F3N2O3. The second-order valence-corrected chi connectivity index (χ2v) is 4.63. The monoisotopic (exact) mass is 270 g/mol. The van der Waals surface area contributed by atoms with Crippen LogP contribution in [0.3, 0.4) is 0 Å². The summed E-state index contributed by atoms with van der Waals surface area (Å²) in [6.45, 7) is 2.19. The van der Waals surface area contributed by atoms with Gasteiger partial charge in [0.1, 0.15) is 0 Å². The summed E-state index contributed by atoms with van der Waals surface area (Å²) in [5.74, 6) is -1.10. The van der Waals surface area contributed by atoms with Crippen LogP contribution in [0.1, 0.15) is 20.3 Å². The Morgan fingerprint density at radius 2 is 1.78 bits per heavy atom. The van der Waals surface area contributed by atoms with Gasteiger partial charge >= 0.3 is 18.2 Å². The topological polar surface area (TPSA) is 69.6 Å². The predicted molar refractivity (Wildman–Crippen MR) is 58.1 cm³/mol. The number of alkyl halides is 3. The minimum atomic E-state index is -4.32. The van der Waals surface area contributed by atoms with E-state index < -0.39 is 36.6 Å². The average molecular weight is 270 g/mol. The van der Waals surface area contributed by atoms with Crippen LogP contribution in [0.5, 0.6) is 0 Å². The molecule has 0 atom stereocenters. The predicted octanol–water partition coefficient (Wildman–Crippen LogP) is 1.69. The summed E-state index contributed by atoms with van der Waals surface area (Å²) in [7, 11) is 1.22. The second-order valence-electron chi connectivity index (χ2n) is 4.63. The summed E-state index contributed by atoms with van der Waals surface area (Å²) in [6.07, 6.45) is -5.42. The van der Waals surface area contributed by atoms with Gasteiger partial charge in [0.2, 0.25) is 0 Å². The Morgan fingerprint density at radius 3 is 2.17 bits per heavy atom. The van der Waals surface area contributed by atoms with Gasteiger partial charge in [-0.15, -0.1) is 0 Å². The van der Waals surface area contributed by atoms with Gasteiger partial charge in [-0.2, -0.15) is 13.2 Å². The summed E-state index contributed by atoms with van der Waals surface area (Å²) in [6, 6.07) is -0.728. The molecule has 0 aromatic rings. The smallest absolute Gasteiger partial charge is 0.390 e. The van der Waals surface area contributed by atoms with Gasteiger partial charge in [0.25, 0.3) is 0 Å². The minimum Gasteiger partial charge on any atom is -0.481 e.